The van der Waals surface area contributed by atoms with Gasteiger partial charge in [-0.15, -0.1) is 6.58 Å². The maximum Gasteiger partial charge on any atom is 0.270 e. The van der Waals surface area contributed by atoms with E-state index in [0.29, 0.717) is 12.1 Å². The molecule has 0 aromatic carbocycles. The zero-order valence-electron chi connectivity index (χ0n) is 11.9. The van der Waals surface area contributed by atoms with Crippen molar-refractivity contribution in [1.29, 1.82) is 0 Å². The highest BCUT2D eigenvalue weighted by molar-refractivity contribution is 5.95. The highest BCUT2D eigenvalue weighted by Crippen LogP contribution is 2.11. The summed E-state index contributed by atoms with van der Waals surface area (Å²) in [5.74, 6) is 0.0371. The number of amides is 1. The Kier molecular flexibility index (Phi) is 6.89. The van der Waals surface area contributed by atoms with Crippen LogP contribution in [0, 0.1) is 0 Å². The quantitative estimate of drug-likeness (QED) is 0.324. The van der Waals surface area contributed by atoms with Gasteiger partial charge in [-0.3, -0.25) is 9.79 Å². The van der Waals surface area contributed by atoms with Crippen LogP contribution >= 0.6 is 0 Å². The molecule has 0 spiro atoms. The van der Waals surface area contributed by atoms with Crippen LogP contribution in [0.25, 0.3) is 0 Å². The first-order chi connectivity index (χ1) is 9.24. The molecule has 1 amide bonds. The fraction of sp³-hybridized carbons (Fsp3) is 0.571. The Hall–Kier alpha value is -1.62. The second kappa shape index (κ2) is 8.48. The highest BCUT2D eigenvalue weighted by Gasteiger charge is 2.26. The van der Waals surface area contributed by atoms with E-state index in [2.05, 4.69) is 29.1 Å². The molecule has 0 radical (unpaired) electrons. The van der Waals surface area contributed by atoms with Gasteiger partial charge in [-0.1, -0.05) is 19.1 Å². The largest absolute Gasteiger partial charge is 0.343 e. The Bertz CT molecular complexity index is 362. The Morgan fingerprint density at radius 1 is 1.63 bits per heavy atom. The lowest BCUT2D eigenvalue weighted by Crippen LogP contribution is -2.54. The SMILES string of the molecule is C=CC/C=C(/NC=NC)C(=O)N1CCNC[C@H]1CC. The van der Waals surface area contributed by atoms with Crippen molar-refractivity contribution in [3.05, 3.63) is 24.4 Å². The van der Waals surface area contributed by atoms with Gasteiger partial charge in [0.05, 0.1) is 6.34 Å². The number of rotatable bonds is 6. The molecular weight excluding hydrogens is 240 g/mol. The molecule has 1 rings (SSSR count). The fourth-order valence-corrected chi connectivity index (χ4v) is 2.09. The number of hydrogen-bond acceptors (Lipinski definition) is 3. The zero-order valence-corrected chi connectivity index (χ0v) is 11.9. The van der Waals surface area contributed by atoms with Gasteiger partial charge < -0.3 is 15.5 Å². The number of piperazine rings is 1. The van der Waals surface area contributed by atoms with E-state index < -0.39 is 0 Å². The van der Waals surface area contributed by atoms with Gasteiger partial charge in [-0.25, -0.2) is 0 Å². The number of carbonyl (C=O) groups excluding carboxylic acids is 1. The maximum absolute atomic E-state index is 12.6. The Morgan fingerprint density at radius 2 is 2.42 bits per heavy atom. The van der Waals surface area contributed by atoms with Crippen LogP contribution in [0.3, 0.4) is 0 Å². The van der Waals surface area contributed by atoms with Gasteiger partial charge in [-0.2, -0.15) is 0 Å². The molecule has 1 saturated heterocycles. The third-order valence-corrected chi connectivity index (χ3v) is 3.15. The molecule has 19 heavy (non-hydrogen) atoms. The van der Waals surface area contributed by atoms with Gasteiger partial charge in [0.1, 0.15) is 5.70 Å². The van der Waals surface area contributed by atoms with Crippen LogP contribution in [0.15, 0.2) is 29.4 Å². The molecule has 1 atom stereocenters. The average molecular weight is 264 g/mol. The topological polar surface area (TPSA) is 56.7 Å². The standard InChI is InChI=1S/C14H24N4O/c1-4-6-7-13(17-11-15-3)14(19)18-9-8-16-10-12(18)5-2/h4,7,11-12,16H,1,5-6,8-10H2,2-3H3,(H,15,17)/b13-7+/t12-/m1/s1. The Morgan fingerprint density at radius 3 is 3.05 bits per heavy atom. The molecule has 1 aliphatic heterocycles. The molecule has 1 fully saturated rings. The minimum absolute atomic E-state index is 0.0371. The van der Waals surface area contributed by atoms with Crippen molar-refractivity contribution in [2.24, 2.45) is 4.99 Å². The first-order valence-corrected chi connectivity index (χ1v) is 6.74. The lowest BCUT2D eigenvalue weighted by molar-refractivity contribution is -0.130. The monoisotopic (exact) mass is 264 g/mol. The van der Waals surface area contributed by atoms with E-state index >= 15 is 0 Å². The second-order valence-corrected chi connectivity index (χ2v) is 4.44. The van der Waals surface area contributed by atoms with Crippen molar-refractivity contribution in [2.45, 2.75) is 25.8 Å². The Labute approximate surface area is 115 Å². The van der Waals surface area contributed by atoms with Gasteiger partial charge in [-0.05, 0) is 12.8 Å². The van der Waals surface area contributed by atoms with Gasteiger partial charge in [0, 0.05) is 32.7 Å². The minimum Gasteiger partial charge on any atom is -0.343 e. The summed E-state index contributed by atoms with van der Waals surface area (Å²) in [4.78, 5) is 18.3. The number of hydrogen-bond donors (Lipinski definition) is 2. The van der Waals surface area contributed by atoms with Gasteiger partial charge >= 0.3 is 0 Å². The molecule has 0 aliphatic carbocycles. The van der Waals surface area contributed by atoms with Crippen molar-refractivity contribution in [2.75, 3.05) is 26.7 Å². The molecule has 0 aromatic rings. The summed E-state index contributed by atoms with van der Waals surface area (Å²) in [7, 11) is 1.67. The minimum atomic E-state index is 0.0371. The predicted octanol–water partition coefficient (Wildman–Crippen LogP) is 0.904. The van der Waals surface area contributed by atoms with Crippen LogP contribution < -0.4 is 10.6 Å². The molecule has 5 nitrogen and oxygen atoms in total. The molecule has 1 heterocycles. The van der Waals surface area contributed by atoms with Crippen LogP contribution in [0.2, 0.25) is 0 Å². The molecule has 0 saturated carbocycles. The third-order valence-electron chi connectivity index (χ3n) is 3.15. The molecule has 5 heteroatoms. The second-order valence-electron chi connectivity index (χ2n) is 4.44. The van der Waals surface area contributed by atoms with Crippen molar-refractivity contribution < 1.29 is 4.79 Å². The molecule has 106 valence electrons. The molecule has 0 aromatic heterocycles. The van der Waals surface area contributed by atoms with Gasteiger partial charge in [0.2, 0.25) is 0 Å². The summed E-state index contributed by atoms with van der Waals surface area (Å²) >= 11 is 0. The van der Waals surface area contributed by atoms with Crippen LogP contribution in [-0.4, -0.2) is 49.9 Å². The van der Waals surface area contributed by atoms with Crippen molar-refractivity contribution in [1.82, 2.24) is 15.5 Å². The van der Waals surface area contributed by atoms with Crippen molar-refractivity contribution >= 4 is 12.2 Å². The van der Waals surface area contributed by atoms with Gasteiger partial charge in [0.25, 0.3) is 5.91 Å². The number of carbonyl (C=O) groups is 1. The van der Waals surface area contributed by atoms with Gasteiger partial charge in [0.15, 0.2) is 0 Å². The summed E-state index contributed by atoms with van der Waals surface area (Å²) in [6, 6.07) is 0.258. The summed E-state index contributed by atoms with van der Waals surface area (Å²) in [6.07, 6.45) is 6.78. The van der Waals surface area contributed by atoms with Crippen LogP contribution in [-0.2, 0) is 4.79 Å². The summed E-state index contributed by atoms with van der Waals surface area (Å²) in [5.41, 5.74) is 0.575. The van der Waals surface area contributed by atoms with E-state index in [0.717, 1.165) is 26.1 Å². The van der Waals surface area contributed by atoms with E-state index in [-0.39, 0.29) is 11.9 Å². The van der Waals surface area contributed by atoms with E-state index in [4.69, 9.17) is 0 Å². The normalized spacial score (nSPS) is 20.6. The summed E-state index contributed by atoms with van der Waals surface area (Å²) in [5, 5.41) is 6.28. The fourth-order valence-electron chi connectivity index (χ4n) is 2.09. The lowest BCUT2D eigenvalue weighted by atomic mass is 10.1. The van der Waals surface area contributed by atoms with Crippen LogP contribution in [0.4, 0.5) is 0 Å². The van der Waals surface area contributed by atoms with Crippen molar-refractivity contribution in [3.63, 3.8) is 0 Å². The Balaban J connectivity index is 2.81. The average Bonchev–Trinajstić information content (AvgIpc) is 2.46. The van der Waals surface area contributed by atoms with Crippen molar-refractivity contribution in [3.8, 4) is 0 Å². The first-order valence-electron chi connectivity index (χ1n) is 6.74. The number of aliphatic imine (C=N–C) groups is 1. The zero-order chi connectivity index (χ0) is 14.1. The van der Waals surface area contributed by atoms with Crippen LogP contribution in [0.1, 0.15) is 19.8 Å². The smallest absolute Gasteiger partial charge is 0.270 e. The van der Waals surface area contributed by atoms with E-state index in [1.165, 1.54) is 6.34 Å². The molecule has 0 unspecified atom stereocenters. The lowest BCUT2D eigenvalue weighted by Gasteiger charge is -2.36. The summed E-state index contributed by atoms with van der Waals surface area (Å²) < 4.78 is 0. The predicted molar refractivity (Wildman–Crippen MR) is 79.1 cm³/mol. The van der Waals surface area contributed by atoms with E-state index in [1.54, 1.807) is 13.1 Å². The molecule has 2 N–H and O–H groups in total. The molecule has 0 bridgehead atoms. The molecular formula is C14H24N4O. The maximum atomic E-state index is 12.6. The van der Waals surface area contributed by atoms with Crippen LogP contribution in [0.5, 0.6) is 0 Å². The first kappa shape index (κ1) is 15.4. The number of nitrogens with one attached hydrogen (secondary N) is 2. The van der Waals surface area contributed by atoms with E-state index in [1.807, 2.05) is 11.0 Å². The molecule has 1 aliphatic rings. The van der Waals surface area contributed by atoms with E-state index in [9.17, 15) is 4.79 Å². The summed E-state index contributed by atoms with van der Waals surface area (Å²) in [6.45, 7) is 8.23. The third kappa shape index (κ3) is 4.52. The number of nitrogens with zero attached hydrogens (tertiary/aromatic N) is 2. The highest BCUT2D eigenvalue weighted by atomic mass is 16.2. The number of allylic oxidation sites excluding steroid dienone is 2.